The maximum Gasteiger partial charge on any atom is 0.258 e. The Morgan fingerprint density at radius 1 is 0.968 bits per heavy atom. The first-order valence-electron chi connectivity index (χ1n) is 10.0. The van der Waals surface area contributed by atoms with Gasteiger partial charge in [-0.25, -0.2) is 4.98 Å². The molecule has 0 fully saturated rings. The molecule has 0 saturated heterocycles. The van der Waals surface area contributed by atoms with E-state index in [0.29, 0.717) is 12.1 Å². The van der Waals surface area contributed by atoms with E-state index in [1.807, 2.05) is 89.8 Å². The standard InChI is InChI=1S/C26H20N2O2S/c1-30-21-13-11-18(12-14-21)15-20-16-23(25-27-22-9-5-6-10-24(22)31-25)28(26(20)29)17-19-7-3-2-4-8-19/h2-16H,17H2,1H3/b20-15+. The van der Waals surface area contributed by atoms with E-state index in [2.05, 4.69) is 6.07 Å². The molecule has 4 aromatic rings. The molecule has 3 aromatic carbocycles. The zero-order valence-electron chi connectivity index (χ0n) is 17.0. The van der Waals surface area contributed by atoms with Gasteiger partial charge >= 0.3 is 0 Å². The lowest BCUT2D eigenvalue weighted by atomic mass is 10.1. The van der Waals surface area contributed by atoms with Crippen LogP contribution in [0, 0.1) is 0 Å². The van der Waals surface area contributed by atoms with Crippen molar-refractivity contribution in [1.82, 2.24) is 9.88 Å². The molecule has 31 heavy (non-hydrogen) atoms. The smallest absolute Gasteiger partial charge is 0.258 e. The van der Waals surface area contributed by atoms with Gasteiger partial charge in [-0.05, 0) is 47.5 Å². The van der Waals surface area contributed by atoms with Crippen LogP contribution in [0.2, 0.25) is 0 Å². The van der Waals surface area contributed by atoms with Crippen molar-refractivity contribution in [2.75, 3.05) is 7.11 Å². The van der Waals surface area contributed by atoms with Crippen LogP contribution in [0.15, 0.2) is 90.5 Å². The lowest BCUT2D eigenvalue weighted by Crippen LogP contribution is -2.25. The Kier molecular flexibility index (Phi) is 5.10. The Labute approximate surface area is 184 Å². The molecule has 5 heteroatoms. The van der Waals surface area contributed by atoms with Crippen LogP contribution in [-0.2, 0) is 11.3 Å². The number of fused-ring (bicyclic) bond motifs is 1. The zero-order chi connectivity index (χ0) is 21.2. The predicted octanol–water partition coefficient (Wildman–Crippen LogP) is 5.77. The number of para-hydroxylation sites is 1. The number of amides is 1. The van der Waals surface area contributed by atoms with Crippen LogP contribution < -0.4 is 4.74 Å². The van der Waals surface area contributed by atoms with Crippen molar-refractivity contribution in [2.45, 2.75) is 6.54 Å². The van der Waals surface area contributed by atoms with E-state index in [9.17, 15) is 4.79 Å². The van der Waals surface area contributed by atoms with E-state index in [0.717, 1.165) is 37.8 Å². The molecular formula is C26H20N2O2S. The summed E-state index contributed by atoms with van der Waals surface area (Å²) in [6.07, 6.45) is 3.87. The van der Waals surface area contributed by atoms with Gasteiger partial charge in [-0.2, -0.15) is 0 Å². The van der Waals surface area contributed by atoms with Crippen LogP contribution in [0.5, 0.6) is 5.75 Å². The lowest BCUT2D eigenvalue weighted by molar-refractivity contribution is -0.123. The van der Waals surface area contributed by atoms with Crippen molar-refractivity contribution in [1.29, 1.82) is 0 Å². The first-order valence-corrected chi connectivity index (χ1v) is 10.8. The van der Waals surface area contributed by atoms with Gasteiger partial charge in [0.25, 0.3) is 5.91 Å². The molecule has 0 N–H and O–H groups in total. The van der Waals surface area contributed by atoms with Crippen LogP contribution in [0.3, 0.4) is 0 Å². The highest BCUT2D eigenvalue weighted by Crippen LogP contribution is 2.36. The fraction of sp³-hybridized carbons (Fsp3) is 0.0769. The number of carbonyl (C=O) groups is 1. The van der Waals surface area contributed by atoms with Crippen LogP contribution in [-0.4, -0.2) is 22.9 Å². The van der Waals surface area contributed by atoms with Gasteiger partial charge in [0.2, 0.25) is 0 Å². The van der Waals surface area contributed by atoms with E-state index in [1.54, 1.807) is 18.4 Å². The Bertz CT molecular complexity index is 1270. The second kappa shape index (κ2) is 8.20. The first kappa shape index (κ1) is 19.3. The third-order valence-corrected chi connectivity index (χ3v) is 6.27. The number of aromatic nitrogens is 1. The summed E-state index contributed by atoms with van der Waals surface area (Å²) < 4.78 is 6.34. The minimum Gasteiger partial charge on any atom is -0.497 e. The summed E-state index contributed by atoms with van der Waals surface area (Å²) >= 11 is 1.61. The van der Waals surface area contributed by atoms with E-state index in [4.69, 9.17) is 9.72 Å². The molecule has 0 bridgehead atoms. The highest BCUT2D eigenvalue weighted by molar-refractivity contribution is 7.19. The SMILES string of the molecule is COc1ccc(/C=C2\C=C(c3nc4ccccc4s3)N(Cc3ccccc3)C2=O)cc1. The molecule has 1 aromatic heterocycles. The number of hydrogen-bond acceptors (Lipinski definition) is 4. The van der Waals surface area contributed by atoms with Crippen molar-refractivity contribution in [3.05, 3.63) is 107 Å². The summed E-state index contributed by atoms with van der Waals surface area (Å²) in [4.78, 5) is 20.0. The summed E-state index contributed by atoms with van der Waals surface area (Å²) in [5.74, 6) is 0.769. The number of nitrogens with zero attached hydrogens (tertiary/aromatic N) is 2. The van der Waals surface area contributed by atoms with E-state index in [1.165, 1.54) is 0 Å². The van der Waals surface area contributed by atoms with E-state index < -0.39 is 0 Å². The van der Waals surface area contributed by atoms with Gasteiger partial charge in [-0.15, -0.1) is 11.3 Å². The van der Waals surface area contributed by atoms with Crippen molar-refractivity contribution in [3.63, 3.8) is 0 Å². The number of methoxy groups -OCH3 is 1. The molecule has 1 amide bonds. The molecular weight excluding hydrogens is 404 g/mol. The van der Waals surface area contributed by atoms with Crippen LogP contribution in [0.1, 0.15) is 16.1 Å². The van der Waals surface area contributed by atoms with Crippen LogP contribution >= 0.6 is 11.3 Å². The summed E-state index contributed by atoms with van der Waals surface area (Å²) in [5.41, 5.74) is 4.47. The van der Waals surface area contributed by atoms with Gasteiger partial charge in [0, 0.05) is 5.57 Å². The third-order valence-electron chi connectivity index (χ3n) is 5.21. The van der Waals surface area contributed by atoms with Gasteiger partial charge in [0.1, 0.15) is 10.8 Å². The molecule has 4 nitrogen and oxygen atoms in total. The second-order valence-electron chi connectivity index (χ2n) is 7.27. The Morgan fingerprint density at radius 2 is 1.71 bits per heavy atom. The molecule has 0 saturated carbocycles. The molecule has 2 heterocycles. The molecule has 0 aliphatic carbocycles. The number of ether oxygens (including phenoxy) is 1. The highest BCUT2D eigenvalue weighted by atomic mass is 32.1. The molecule has 0 spiro atoms. The summed E-state index contributed by atoms with van der Waals surface area (Å²) in [7, 11) is 1.64. The highest BCUT2D eigenvalue weighted by Gasteiger charge is 2.30. The fourth-order valence-corrected chi connectivity index (χ4v) is 4.61. The number of benzene rings is 3. The molecule has 1 aliphatic heterocycles. The number of carbonyl (C=O) groups excluding carboxylic acids is 1. The molecule has 1 aliphatic rings. The summed E-state index contributed by atoms with van der Waals surface area (Å²) in [5, 5.41) is 0.851. The van der Waals surface area contributed by atoms with Gasteiger partial charge in [0.15, 0.2) is 0 Å². The minimum atomic E-state index is -0.0195. The first-order chi connectivity index (χ1) is 15.2. The summed E-state index contributed by atoms with van der Waals surface area (Å²) in [6.45, 7) is 0.501. The Morgan fingerprint density at radius 3 is 2.45 bits per heavy atom. The van der Waals surface area contributed by atoms with Crippen LogP contribution in [0.25, 0.3) is 22.0 Å². The quantitative estimate of drug-likeness (QED) is 0.382. The molecule has 5 rings (SSSR count). The van der Waals surface area contributed by atoms with Crippen molar-refractivity contribution < 1.29 is 9.53 Å². The van der Waals surface area contributed by atoms with Crippen molar-refractivity contribution in [2.24, 2.45) is 0 Å². The Hall–Kier alpha value is -3.70. The Balaban J connectivity index is 1.56. The minimum absolute atomic E-state index is 0.0195. The lowest BCUT2D eigenvalue weighted by Gasteiger charge is -2.19. The zero-order valence-corrected chi connectivity index (χ0v) is 17.8. The molecule has 0 atom stereocenters. The third kappa shape index (κ3) is 3.88. The summed E-state index contributed by atoms with van der Waals surface area (Å²) in [6, 6.07) is 25.8. The predicted molar refractivity (Wildman–Crippen MR) is 126 cm³/mol. The molecule has 152 valence electrons. The van der Waals surface area contributed by atoms with Crippen molar-refractivity contribution >= 4 is 39.2 Å². The van der Waals surface area contributed by atoms with Gasteiger partial charge < -0.3 is 9.64 Å². The van der Waals surface area contributed by atoms with Gasteiger partial charge in [-0.1, -0.05) is 54.6 Å². The van der Waals surface area contributed by atoms with E-state index >= 15 is 0 Å². The topological polar surface area (TPSA) is 42.4 Å². The number of hydrogen-bond donors (Lipinski definition) is 0. The monoisotopic (exact) mass is 424 g/mol. The largest absolute Gasteiger partial charge is 0.497 e. The maximum atomic E-state index is 13.4. The molecule has 0 radical (unpaired) electrons. The van der Waals surface area contributed by atoms with Crippen LogP contribution in [0.4, 0.5) is 0 Å². The fourth-order valence-electron chi connectivity index (χ4n) is 3.62. The van der Waals surface area contributed by atoms with E-state index in [-0.39, 0.29) is 5.91 Å². The maximum absolute atomic E-state index is 13.4. The molecule has 0 unspecified atom stereocenters. The average Bonchev–Trinajstić information content (AvgIpc) is 3.37. The normalized spacial score (nSPS) is 15.0. The second-order valence-corrected chi connectivity index (χ2v) is 8.30. The van der Waals surface area contributed by atoms with Gasteiger partial charge in [-0.3, -0.25) is 4.79 Å². The van der Waals surface area contributed by atoms with Crippen molar-refractivity contribution in [3.8, 4) is 5.75 Å². The number of rotatable bonds is 5. The van der Waals surface area contributed by atoms with Gasteiger partial charge in [0.05, 0.1) is 29.6 Å². The number of thiazole rings is 1. The average molecular weight is 425 g/mol.